The zero-order chi connectivity index (χ0) is 8.39. The number of rotatable bonds is 0. The molecule has 0 aromatic heterocycles. The van der Waals surface area contributed by atoms with Gasteiger partial charge in [-0.2, -0.15) is 0 Å². The molecule has 1 aliphatic heterocycles. The zero-order valence-corrected chi connectivity index (χ0v) is 6.54. The Morgan fingerprint density at radius 3 is 3.08 bits per heavy atom. The molecule has 2 aliphatic rings. The Labute approximate surface area is 70.4 Å². The molecule has 0 fully saturated rings. The van der Waals surface area contributed by atoms with Crippen molar-refractivity contribution in [2.75, 3.05) is 6.61 Å². The van der Waals surface area contributed by atoms with Crippen molar-refractivity contribution < 1.29 is 9.53 Å². The SMILES string of the molecule is O=C1COC2=C(C=CCC=C2)N1. The summed E-state index contributed by atoms with van der Waals surface area (Å²) in [7, 11) is 0. The maximum atomic E-state index is 10.9. The molecule has 0 aromatic rings. The summed E-state index contributed by atoms with van der Waals surface area (Å²) >= 11 is 0. The van der Waals surface area contributed by atoms with Crippen molar-refractivity contribution in [1.29, 1.82) is 0 Å². The van der Waals surface area contributed by atoms with Gasteiger partial charge in [-0.05, 0) is 18.6 Å². The van der Waals surface area contributed by atoms with Crippen molar-refractivity contribution in [3.63, 3.8) is 0 Å². The molecule has 0 spiro atoms. The summed E-state index contributed by atoms with van der Waals surface area (Å²) in [6.45, 7) is 0.122. The minimum Gasteiger partial charge on any atom is -0.482 e. The summed E-state index contributed by atoms with van der Waals surface area (Å²) in [6, 6.07) is 0. The van der Waals surface area contributed by atoms with Gasteiger partial charge in [0.15, 0.2) is 6.61 Å². The number of nitrogens with one attached hydrogen (secondary N) is 1. The highest BCUT2D eigenvalue weighted by Crippen LogP contribution is 2.14. The molecule has 0 aromatic carbocycles. The summed E-state index contributed by atoms with van der Waals surface area (Å²) in [6.07, 6.45) is 8.61. The van der Waals surface area contributed by atoms with Crippen molar-refractivity contribution in [2.24, 2.45) is 0 Å². The lowest BCUT2D eigenvalue weighted by Gasteiger charge is -2.16. The number of hydrogen-bond acceptors (Lipinski definition) is 2. The van der Waals surface area contributed by atoms with Crippen LogP contribution in [0.2, 0.25) is 0 Å². The van der Waals surface area contributed by atoms with Crippen LogP contribution in [0.3, 0.4) is 0 Å². The van der Waals surface area contributed by atoms with E-state index in [9.17, 15) is 4.79 Å². The largest absolute Gasteiger partial charge is 0.482 e. The van der Waals surface area contributed by atoms with E-state index in [4.69, 9.17) is 4.74 Å². The number of allylic oxidation sites excluding steroid dienone is 4. The smallest absolute Gasteiger partial charge is 0.262 e. The third kappa shape index (κ3) is 1.25. The molecule has 3 heteroatoms. The molecule has 1 aliphatic carbocycles. The predicted octanol–water partition coefficient (Wildman–Crippen LogP) is 0.861. The van der Waals surface area contributed by atoms with E-state index in [1.807, 2.05) is 24.3 Å². The average molecular weight is 163 g/mol. The fraction of sp³-hybridized carbons (Fsp3) is 0.222. The van der Waals surface area contributed by atoms with Gasteiger partial charge < -0.3 is 10.1 Å². The monoisotopic (exact) mass is 163 g/mol. The molecule has 62 valence electrons. The molecule has 1 N–H and O–H groups in total. The van der Waals surface area contributed by atoms with Crippen LogP contribution in [0.4, 0.5) is 0 Å². The van der Waals surface area contributed by atoms with Gasteiger partial charge in [-0.1, -0.05) is 12.2 Å². The van der Waals surface area contributed by atoms with Crippen LogP contribution in [0.25, 0.3) is 0 Å². The summed E-state index contributed by atoms with van der Waals surface area (Å²) in [5.41, 5.74) is 0.764. The molecule has 2 rings (SSSR count). The Kier molecular flexibility index (Phi) is 1.70. The normalized spacial score (nSPS) is 21.2. The molecule has 0 saturated carbocycles. The Morgan fingerprint density at radius 2 is 2.17 bits per heavy atom. The van der Waals surface area contributed by atoms with Gasteiger partial charge in [0.2, 0.25) is 0 Å². The van der Waals surface area contributed by atoms with Gasteiger partial charge in [-0.15, -0.1) is 0 Å². The van der Waals surface area contributed by atoms with Crippen molar-refractivity contribution >= 4 is 5.91 Å². The highest BCUT2D eigenvalue weighted by Gasteiger charge is 2.15. The lowest BCUT2D eigenvalue weighted by Crippen LogP contribution is -2.31. The quantitative estimate of drug-likeness (QED) is 0.575. The first-order valence-corrected chi connectivity index (χ1v) is 3.86. The Hall–Kier alpha value is -1.51. The Morgan fingerprint density at radius 1 is 1.33 bits per heavy atom. The fourth-order valence-corrected chi connectivity index (χ4v) is 1.17. The molecule has 1 heterocycles. The standard InChI is InChI=1S/C9H9NO2/c11-9-6-12-8-5-3-1-2-4-7(8)10-9/h2-5H,1,6H2,(H,10,11). The number of hydrogen-bond donors (Lipinski definition) is 1. The van der Waals surface area contributed by atoms with Gasteiger partial charge in [-0.3, -0.25) is 4.79 Å². The van der Waals surface area contributed by atoms with Crippen LogP contribution < -0.4 is 5.32 Å². The first-order valence-electron chi connectivity index (χ1n) is 3.86. The number of ether oxygens (including phenoxy) is 1. The molecule has 0 unspecified atom stereocenters. The predicted molar refractivity (Wildman–Crippen MR) is 44.0 cm³/mol. The van der Waals surface area contributed by atoms with E-state index in [2.05, 4.69) is 5.32 Å². The van der Waals surface area contributed by atoms with Crippen molar-refractivity contribution in [1.82, 2.24) is 5.32 Å². The second kappa shape index (κ2) is 2.85. The van der Waals surface area contributed by atoms with Crippen molar-refractivity contribution in [3.05, 3.63) is 35.8 Å². The molecule has 3 nitrogen and oxygen atoms in total. The lowest BCUT2D eigenvalue weighted by atomic mass is 10.3. The van der Waals surface area contributed by atoms with Gasteiger partial charge >= 0.3 is 0 Å². The number of amides is 1. The average Bonchev–Trinajstić information content (AvgIpc) is 2.28. The minimum atomic E-state index is -0.0892. The van der Waals surface area contributed by atoms with Gasteiger partial charge in [0.1, 0.15) is 5.76 Å². The van der Waals surface area contributed by atoms with Crippen LogP contribution in [0, 0.1) is 0 Å². The molecular weight excluding hydrogens is 154 g/mol. The molecule has 0 radical (unpaired) electrons. The van der Waals surface area contributed by atoms with E-state index in [0.717, 1.165) is 17.9 Å². The molecular formula is C9H9NO2. The lowest BCUT2D eigenvalue weighted by molar-refractivity contribution is -0.124. The molecule has 0 bridgehead atoms. The third-order valence-electron chi connectivity index (χ3n) is 1.72. The van der Waals surface area contributed by atoms with Crippen molar-refractivity contribution in [3.8, 4) is 0 Å². The summed E-state index contributed by atoms with van der Waals surface area (Å²) in [4.78, 5) is 10.9. The van der Waals surface area contributed by atoms with Gasteiger partial charge in [0.05, 0.1) is 5.70 Å². The van der Waals surface area contributed by atoms with E-state index in [-0.39, 0.29) is 12.5 Å². The molecule has 1 amide bonds. The van der Waals surface area contributed by atoms with E-state index < -0.39 is 0 Å². The summed E-state index contributed by atoms with van der Waals surface area (Å²) in [5, 5.41) is 2.74. The summed E-state index contributed by atoms with van der Waals surface area (Å²) < 4.78 is 5.20. The van der Waals surface area contributed by atoms with Crippen LogP contribution in [0.5, 0.6) is 0 Å². The van der Waals surface area contributed by atoms with E-state index >= 15 is 0 Å². The highest BCUT2D eigenvalue weighted by atomic mass is 16.5. The third-order valence-corrected chi connectivity index (χ3v) is 1.72. The van der Waals surface area contributed by atoms with Gasteiger partial charge in [0, 0.05) is 0 Å². The first-order chi connectivity index (χ1) is 5.86. The van der Waals surface area contributed by atoms with Crippen LogP contribution in [0.1, 0.15) is 6.42 Å². The van der Waals surface area contributed by atoms with Gasteiger partial charge in [-0.25, -0.2) is 0 Å². The maximum Gasteiger partial charge on any atom is 0.262 e. The molecule has 0 saturated heterocycles. The second-order valence-corrected chi connectivity index (χ2v) is 2.66. The van der Waals surface area contributed by atoms with Crippen LogP contribution >= 0.6 is 0 Å². The van der Waals surface area contributed by atoms with E-state index in [1.54, 1.807) is 0 Å². The maximum absolute atomic E-state index is 10.9. The first kappa shape index (κ1) is 7.16. The van der Waals surface area contributed by atoms with Crippen molar-refractivity contribution in [2.45, 2.75) is 6.42 Å². The highest BCUT2D eigenvalue weighted by molar-refractivity contribution is 5.81. The van der Waals surface area contributed by atoms with E-state index in [1.165, 1.54) is 0 Å². The Bertz CT molecular complexity index is 300. The molecule has 0 atom stereocenters. The topological polar surface area (TPSA) is 38.3 Å². The number of carbonyl (C=O) groups excluding carboxylic acids is 1. The van der Waals surface area contributed by atoms with Gasteiger partial charge in [0.25, 0.3) is 5.91 Å². The van der Waals surface area contributed by atoms with Crippen LogP contribution in [-0.2, 0) is 9.53 Å². The van der Waals surface area contributed by atoms with Crippen LogP contribution in [-0.4, -0.2) is 12.5 Å². The summed E-state index contributed by atoms with van der Waals surface area (Å²) in [5.74, 6) is 0.664. The zero-order valence-electron chi connectivity index (χ0n) is 6.54. The number of carbonyl (C=O) groups is 1. The van der Waals surface area contributed by atoms with E-state index in [0.29, 0.717) is 0 Å². The second-order valence-electron chi connectivity index (χ2n) is 2.66. The fourth-order valence-electron chi connectivity index (χ4n) is 1.17. The minimum absolute atomic E-state index is 0.0892. The van der Waals surface area contributed by atoms with Crippen LogP contribution in [0.15, 0.2) is 35.8 Å². The Balaban J connectivity index is 2.33. The molecule has 12 heavy (non-hydrogen) atoms.